The van der Waals surface area contributed by atoms with Crippen molar-refractivity contribution >= 4 is 16.6 Å². The molecule has 0 amide bonds. The van der Waals surface area contributed by atoms with E-state index >= 15 is 0 Å². The van der Waals surface area contributed by atoms with Gasteiger partial charge in [-0.15, -0.1) is 0 Å². The first kappa shape index (κ1) is 13.5. The van der Waals surface area contributed by atoms with E-state index in [2.05, 4.69) is 0 Å². The molecule has 1 rings (SSSR count). The molecule has 0 aliphatic rings. The van der Waals surface area contributed by atoms with Gasteiger partial charge in [0.25, 0.3) is 0 Å². The Balaban J connectivity index is 3.20. The highest BCUT2D eigenvalue weighted by Gasteiger charge is 2.11. The van der Waals surface area contributed by atoms with Crippen molar-refractivity contribution in [3.8, 4) is 11.8 Å². The van der Waals surface area contributed by atoms with Gasteiger partial charge in [0.2, 0.25) is 0 Å². The molecule has 0 fully saturated rings. The zero-order valence-electron chi connectivity index (χ0n) is 9.76. The molecule has 0 unspecified atom stereocenters. The van der Waals surface area contributed by atoms with E-state index < -0.39 is 5.82 Å². The van der Waals surface area contributed by atoms with Gasteiger partial charge < -0.3 is 4.74 Å². The molecule has 1 aromatic carbocycles. The smallest absolute Gasteiger partial charge is 0.135 e. The van der Waals surface area contributed by atoms with Gasteiger partial charge in [-0.3, -0.25) is 0 Å². The molecule has 0 bridgehead atoms. The van der Waals surface area contributed by atoms with Gasteiger partial charge in [-0.2, -0.15) is 5.26 Å². The summed E-state index contributed by atoms with van der Waals surface area (Å²) in [6, 6.07) is 6.39. The molecule has 0 saturated carbocycles. The van der Waals surface area contributed by atoms with Gasteiger partial charge in [-0.25, -0.2) is 4.39 Å². The molecular formula is C13H13ClFNO. The molecule has 2 nitrogen and oxygen atoms in total. The van der Waals surface area contributed by atoms with Crippen LogP contribution in [0.4, 0.5) is 4.39 Å². The zero-order valence-corrected chi connectivity index (χ0v) is 10.5. The third-order valence-corrected chi connectivity index (χ3v) is 2.74. The zero-order chi connectivity index (χ0) is 12.8. The predicted octanol–water partition coefficient (Wildman–Crippen LogP) is 4.11. The van der Waals surface area contributed by atoms with E-state index in [1.807, 2.05) is 13.0 Å². The summed E-state index contributed by atoms with van der Waals surface area (Å²) in [5, 5.41) is 9.12. The first-order valence-electron chi connectivity index (χ1n) is 5.26. The van der Waals surface area contributed by atoms with Crippen LogP contribution < -0.4 is 4.74 Å². The van der Waals surface area contributed by atoms with Crippen molar-refractivity contribution in [2.75, 3.05) is 7.11 Å². The number of halogens is 2. The summed E-state index contributed by atoms with van der Waals surface area (Å²) in [7, 11) is 1.46. The number of benzene rings is 1. The van der Waals surface area contributed by atoms with Gasteiger partial charge >= 0.3 is 0 Å². The molecule has 90 valence electrons. The van der Waals surface area contributed by atoms with Crippen molar-refractivity contribution < 1.29 is 9.13 Å². The second-order valence-corrected chi connectivity index (χ2v) is 3.88. The first-order chi connectivity index (χ1) is 8.13. The Morgan fingerprint density at radius 2 is 2.24 bits per heavy atom. The molecule has 4 heteroatoms. The van der Waals surface area contributed by atoms with Crippen LogP contribution in [0.3, 0.4) is 0 Å². The summed E-state index contributed by atoms with van der Waals surface area (Å²) in [4.78, 5) is 0. The average molecular weight is 254 g/mol. The minimum absolute atomic E-state index is 0.175. The van der Waals surface area contributed by atoms with Crippen LogP contribution in [0.15, 0.2) is 23.8 Å². The van der Waals surface area contributed by atoms with Crippen LogP contribution in [0.1, 0.15) is 25.3 Å². The lowest BCUT2D eigenvalue weighted by atomic mass is 10.1. The van der Waals surface area contributed by atoms with Gasteiger partial charge in [0.05, 0.1) is 18.2 Å². The van der Waals surface area contributed by atoms with Crippen LogP contribution in [0.25, 0.3) is 5.03 Å². The summed E-state index contributed by atoms with van der Waals surface area (Å²) in [5.74, 6) is -0.0667. The number of hydrogen-bond donors (Lipinski definition) is 0. The second kappa shape index (κ2) is 6.27. The van der Waals surface area contributed by atoms with Crippen LogP contribution in [-0.2, 0) is 0 Å². The number of allylic oxidation sites excluding steroid dienone is 1. The summed E-state index contributed by atoms with van der Waals surface area (Å²) in [6.07, 6.45) is 1.33. The molecule has 0 heterocycles. The third kappa shape index (κ3) is 3.21. The maximum Gasteiger partial charge on any atom is 0.135 e. The van der Waals surface area contributed by atoms with E-state index in [4.69, 9.17) is 21.6 Å². The maximum atomic E-state index is 13.7. The predicted molar refractivity (Wildman–Crippen MR) is 66.2 cm³/mol. The standard InChI is InChI=1S/C13H13ClFNO/c1-3-4-9(8-16)13(14)11-6-5-10(17-2)7-12(11)15/h5-7H,3-4H2,1-2H3/b13-9-. The molecule has 17 heavy (non-hydrogen) atoms. The van der Waals surface area contributed by atoms with Crippen molar-refractivity contribution in [2.45, 2.75) is 19.8 Å². The molecule has 1 aromatic rings. The van der Waals surface area contributed by atoms with E-state index in [9.17, 15) is 4.39 Å². The lowest BCUT2D eigenvalue weighted by Gasteiger charge is -2.06. The maximum absolute atomic E-state index is 13.7. The number of nitriles is 1. The van der Waals surface area contributed by atoms with E-state index in [0.717, 1.165) is 6.42 Å². The van der Waals surface area contributed by atoms with Crippen molar-refractivity contribution in [3.63, 3.8) is 0 Å². The quantitative estimate of drug-likeness (QED) is 0.757. The summed E-state index contributed by atoms with van der Waals surface area (Å²) >= 11 is 6.03. The van der Waals surface area contributed by atoms with E-state index in [1.54, 1.807) is 6.07 Å². The highest BCUT2D eigenvalue weighted by Crippen LogP contribution is 2.29. The molecule has 0 saturated heterocycles. The fraction of sp³-hybridized carbons (Fsp3) is 0.308. The summed E-state index contributed by atoms with van der Waals surface area (Å²) in [5.41, 5.74) is 0.635. The first-order valence-corrected chi connectivity index (χ1v) is 5.64. The highest BCUT2D eigenvalue weighted by molar-refractivity contribution is 6.49. The molecule has 0 aromatic heterocycles. The molecule has 0 atom stereocenters. The van der Waals surface area contributed by atoms with Crippen LogP contribution in [0, 0.1) is 17.1 Å². The Morgan fingerprint density at radius 3 is 2.71 bits per heavy atom. The van der Waals surface area contributed by atoms with Crippen LogP contribution >= 0.6 is 11.6 Å². The molecular weight excluding hydrogens is 241 g/mol. The van der Waals surface area contributed by atoms with Gasteiger partial charge in [0.15, 0.2) is 0 Å². The topological polar surface area (TPSA) is 33.0 Å². The second-order valence-electron chi connectivity index (χ2n) is 3.50. The Labute approximate surface area is 105 Å². The Hall–Kier alpha value is -1.53. The van der Waals surface area contributed by atoms with Gasteiger partial charge in [-0.1, -0.05) is 24.9 Å². The van der Waals surface area contributed by atoms with Gasteiger partial charge in [0.1, 0.15) is 11.6 Å². The third-order valence-electron chi connectivity index (χ3n) is 2.31. The van der Waals surface area contributed by atoms with Gasteiger partial charge in [-0.05, 0) is 18.6 Å². The largest absolute Gasteiger partial charge is 0.497 e. The molecule has 0 N–H and O–H groups in total. The monoisotopic (exact) mass is 253 g/mol. The van der Waals surface area contributed by atoms with Crippen molar-refractivity contribution in [1.29, 1.82) is 5.26 Å². The fourth-order valence-corrected chi connectivity index (χ4v) is 1.72. The minimum atomic E-state index is -0.488. The average Bonchev–Trinajstić information content (AvgIpc) is 2.35. The van der Waals surface area contributed by atoms with E-state index in [-0.39, 0.29) is 10.6 Å². The molecule has 0 aliphatic heterocycles. The normalized spacial score (nSPS) is 11.7. The fourth-order valence-electron chi connectivity index (χ4n) is 1.43. The summed E-state index contributed by atoms with van der Waals surface area (Å²) in [6.45, 7) is 1.94. The Morgan fingerprint density at radius 1 is 1.53 bits per heavy atom. The number of nitrogens with zero attached hydrogens (tertiary/aromatic N) is 1. The number of rotatable bonds is 4. The lowest BCUT2D eigenvalue weighted by Crippen LogP contribution is -1.91. The van der Waals surface area contributed by atoms with Crippen molar-refractivity contribution in [1.82, 2.24) is 0 Å². The van der Waals surface area contributed by atoms with Gasteiger partial charge in [0, 0.05) is 17.2 Å². The SMILES string of the molecule is CCC/C(C#N)=C(/Cl)c1ccc(OC)cc1F. The lowest BCUT2D eigenvalue weighted by molar-refractivity contribution is 0.411. The van der Waals surface area contributed by atoms with Crippen LogP contribution in [0.2, 0.25) is 0 Å². The number of ether oxygens (including phenoxy) is 1. The van der Waals surface area contributed by atoms with E-state index in [0.29, 0.717) is 17.7 Å². The molecule has 0 aliphatic carbocycles. The van der Waals surface area contributed by atoms with Crippen LogP contribution in [0.5, 0.6) is 5.75 Å². The number of hydrogen-bond acceptors (Lipinski definition) is 2. The molecule has 0 radical (unpaired) electrons. The Kier molecular flexibility index (Phi) is 4.99. The number of methoxy groups -OCH3 is 1. The van der Waals surface area contributed by atoms with Crippen molar-refractivity contribution in [3.05, 3.63) is 35.2 Å². The van der Waals surface area contributed by atoms with Crippen LogP contribution in [-0.4, -0.2) is 7.11 Å². The minimum Gasteiger partial charge on any atom is -0.497 e. The van der Waals surface area contributed by atoms with E-state index in [1.165, 1.54) is 19.2 Å². The Bertz CT molecular complexity index is 477. The summed E-state index contributed by atoms with van der Waals surface area (Å²) < 4.78 is 18.6. The van der Waals surface area contributed by atoms with Crippen molar-refractivity contribution in [2.24, 2.45) is 0 Å². The molecule has 0 spiro atoms. The highest BCUT2D eigenvalue weighted by atomic mass is 35.5.